The van der Waals surface area contributed by atoms with Crippen LogP contribution in [-0.4, -0.2) is 56.2 Å². The molecule has 5 heteroatoms. The molecule has 1 saturated heterocycles. The van der Waals surface area contributed by atoms with Gasteiger partial charge in [0, 0.05) is 25.4 Å². The molecule has 1 aliphatic rings. The van der Waals surface area contributed by atoms with Gasteiger partial charge in [0.2, 0.25) is 0 Å². The molecule has 1 atom stereocenters. The third-order valence-corrected chi connectivity index (χ3v) is 4.98. The molecule has 1 aliphatic heterocycles. The van der Waals surface area contributed by atoms with Crippen molar-refractivity contribution in [1.29, 1.82) is 0 Å². The van der Waals surface area contributed by atoms with E-state index in [1.165, 1.54) is 0 Å². The van der Waals surface area contributed by atoms with Crippen LogP contribution < -0.4 is 0 Å². The Bertz CT molecular complexity index is 288. The Labute approximate surface area is 98.6 Å². The number of aliphatic hydroxyl groups excluding tert-OH is 1. The molecule has 1 heterocycles. The van der Waals surface area contributed by atoms with Gasteiger partial charge in [-0.1, -0.05) is 6.92 Å². The second kappa shape index (κ2) is 6.57. The minimum absolute atomic E-state index is 0.237. The summed E-state index contributed by atoms with van der Waals surface area (Å²) in [6.07, 6.45) is 3.13. The number of rotatable bonds is 6. The summed E-state index contributed by atoms with van der Waals surface area (Å²) in [6, 6.07) is 0. The fourth-order valence-electron chi connectivity index (χ4n) is 2.19. The highest BCUT2D eigenvalue weighted by atomic mass is 32.2. The lowest BCUT2D eigenvalue weighted by Crippen LogP contribution is -2.38. The van der Waals surface area contributed by atoms with Gasteiger partial charge in [-0.25, -0.2) is 8.42 Å². The standard InChI is InChI=1S/C11H23NO3S/c1-2-16(14,15)9-7-12-6-3-4-11(10-12)5-8-13/h11,13H,2-10H2,1H3. The van der Waals surface area contributed by atoms with Crippen molar-refractivity contribution < 1.29 is 13.5 Å². The van der Waals surface area contributed by atoms with Crippen LogP contribution in [0.15, 0.2) is 0 Å². The number of piperidine rings is 1. The lowest BCUT2D eigenvalue weighted by Gasteiger charge is -2.32. The highest BCUT2D eigenvalue weighted by Crippen LogP contribution is 2.18. The molecule has 0 aliphatic carbocycles. The molecule has 0 amide bonds. The summed E-state index contributed by atoms with van der Waals surface area (Å²) >= 11 is 0. The number of sulfone groups is 1. The van der Waals surface area contributed by atoms with E-state index in [4.69, 9.17) is 5.11 Å². The zero-order chi connectivity index (χ0) is 12.0. The molecule has 4 nitrogen and oxygen atoms in total. The molecule has 1 rings (SSSR count). The van der Waals surface area contributed by atoms with Crippen LogP contribution in [0.3, 0.4) is 0 Å². The summed E-state index contributed by atoms with van der Waals surface area (Å²) in [5.41, 5.74) is 0. The average molecular weight is 249 g/mol. The third kappa shape index (κ3) is 4.80. The molecule has 1 unspecified atom stereocenters. The summed E-state index contributed by atoms with van der Waals surface area (Å²) in [6.45, 7) is 4.53. The number of nitrogens with zero attached hydrogens (tertiary/aromatic N) is 1. The van der Waals surface area contributed by atoms with E-state index in [1.807, 2.05) is 0 Å². The topological polar surface area (TPSA) is 57.6 Å². The van der Waals surface area contributed by atoms with E-state index in [2.05, 4.69) is 4.90 Å². The van der Waals surface area contributed by atoms with Gasteiger partial charge in [0.15, 0.2) is 9.84 Å². The average Bonchev–Trinajstić information content (AvgIpc) is 2.28. The van der Waals surface area contributed by atoms with Crippen molar-refractivity contribution in [3.05, 3.63) is 0 Å². The third-order valence-electron chi connectivity index (χ3n) is 3.30. The number of hydrogen-bond donors (Lipinski definition) is 1. The van der Waals surface area contributed by atoms with Crippen LogP contribution >= 0.6 is 0 Å². The maximum absolute atomic E-state index is 11.4. The molecule has 0 aromatic heterocycles. The van der Waals surface area contributed by atoms with Gasteiger partial charge in [0.1, 0.15) is 0 Å². The van der Waals surface area contributed by atoms with E-state index in [9.17, 15) is 8.42 Å². The fourth-order valence-corrected chi connectivity index (χ4v) is 3.01. The van der Waals surface area contributed by atoms with Crippen molar-refractivity contribution in [2.45, 2.75) is 26.2 Å². The molecule has 1 fully saturated rings. The van der Waals surface area contributed by atoms with E-state index in [0.29, 0.717) is 12.5 Å². The van der Waals surface area contributed by atoms with Crippen molar-refractivity contribution >= 4 is 9.84 Å². The second-order valence-corrected chi connectivity index (χ2v) is 7.03. The highest BCUT2D eigenvalue weighted by Gasteiger charge is 2.20. The first kappa shape index (κ1) is 13.9. The Morgan fingerprint density at radius 1 is 1.44 bits per heavy atom. The molecule has 16 heavy (non-hydrogen) atoms. The molecule has 0 spiro atoms. The molecule has 0 aromatic rings. The normalized spacial score (nSPS) is 23.5. The first-order valence-corrected chi connectivity index (χ1v) is 7.93. The SMILES string of the molecule is CCS(=O)(=O)CCN1CCCC(CCO)C1. The Kier molecular flexibility index (Phi) is 5.72. The molecular formula is C11H23NO3S. The van der Waals surface area contributed by atoms with Gasteiger partial charge in [-0.2, -0.15) is 0 Å². The summed E-state index contributed by atoms with van der Waals surface area (Å²) in [5.74, 6) is 1.05. The maximum atomic E-state index is 11.4. The van der Waals surface area contributed by atoms with Crippen molar-refractivity contribution in [2.75, 3.05) is 37.7 Å². The molecular weight excluding hydrogens is 226 g/mol. The van der Waals surface area contributed by atoms with Crippen molar-refractivity contribution in [3.8, 4) is 0 Å². The van der Waals surface area contributed by atoms with E-state index in [-0.39, 0.29) is 18.1 Å². The van der Waals surface area contributed by atoms with Crippen LogP contribution in [0, 0.1) is 5.92 Å². The van der Waals surface area contributed by atoms with Crippen LogP contribution in [0.25, 0.3) is 0 Å². The molecule has 1 N–H and O–H groups in total. The Hall–Kier alpha value is -0.130. The van der Waals surface area contributed by atoms with Gasteiger partial charge in [0.25, 0.3) is 0 Å². The quantitative estimate of drug-likeness (QED) is 0.745. The summed E-state index contributed by atoms with van der Waals surface area (Å²) in [7, 11) is -2.84. The first-order chi connectivity index (χ1) is 7.57. The predicted octanol–water partition coefficient (Wildman–Crippen LogP) is 0.515. The van der Waals surface area contributed by atoms with E-state index < -0.39 is 9.84 Å². The zero-order valence-corrected chi connectivity index (χ0v) is 10.9. The van der Waals surface area contributed by atoms with Crippen molar-refractivity contribution in [2.24, 2.45) is 5.92 Å². The minimum Gasteiger partial charge on any atom is -0.396 e. The molecule has 0 saturated carbocycles. The van der Waals surface area contributed by atoms with E-state index >= 15 is 0 Å². The van der Waals surface area contributed by atoms with Crippen LogP contribution in [-0.2, 0) is 9.84 Å². The zero-order valence-electron chi connectivity index (χ0n) is 10.1. The van der Waals surface area contributed by atoms with Gasteiger partial charge >= 0.3 is 0 Å². The second-order valence-electron chi connectivity index (χ2n) is 4.56. The van der Waals surface area contributed by atoms with Gasteiger partial charge in [-0.15, -0.1) is 0 Å². The Balaban J connectivity index is 2.32. The lowest BCUT2D eigenvalue weighted by molar-refractivity contribution is 0.154. The Morgan fingerprint density at radius 2 is 2.19 bits per heavy atom. The molecule has 96 valence electrons. The lowest BCUT2D eigenvalue weighted by atomic mass is 9.95. The monoisotopic (exact) mass is 249 g/mol. The van der Waals surface area contributed by atoms with Gasteiger partial charge in [-0.05, 0) is 31.7 Å². The Morgan fingerprint density at radius 3 is 2.81 bits per heavy atom. The van der Waals surface area contributed by atoms with E-state index in [0.717, 1.165) is 32.4 Å². The number of hydrogen-bond acceptors (Lipinski definition) is 4. The smallest absolute Gasteiger partial charge is 0.151 e. The molecule has 0 bridgehead atoms. The number of likely N-dealkylation sites (tertiary alicyclic amines) is 1. The predicted molar refractivity (Wildman–Crippen MR) is 65.2 cm³/mol. The summed E-state index contributed by atoms with van der Waals surface area (Å²) in [4.78, 5) is 2.22. The van der Waals surface area contributed by atoms with Crippen LogP contribution in [0.1, 0.15) is 26.2 Å². The van der Waals surface area contributed by atoms with Gasteiger partial charge in [-0.3, -0.25) is 0 Å². The number of aliphatic hydroxyl groups is 1. The minimum atomic E-state index is -2.84. The maximum Gasteiger partial charge on any atom is 0.151 e. The summed E-state index contributed by atoms with van der Waals surface area (Å²) in [5, 5.41) is 8.89. The van der Waals surface area contributed by atoms with E-state index in [1.54, 1.807) is 6.92 Å². The van der Waals surface area contributed by atoms with Crippen molar-refractivity contribution in [1.82, 2.24) is 4.90 Å². The van der Waals surface area contributed by atoms with Gasteiger partial charge in [0.05, 0.1) is 5.75 Å². The van der Waals surface area contributed by atoms with Crippen LogP contribution in [0.4, 0.5) is 0 Å². The highest BCUT2D eigenvalue weighted by molar-refractivity contribution is 7.91. The fraction of sp³-hybridized carbons (Fsp3) is 1.00. The van der Waals surface area contributed by atoms with Crippen LogP contribution in [0.5, 0.6) is 0 Å². The molecule has 0 radical (unpaired) electrons. The van der Waals surface area contributed by atoms with Crippen LogP contribution in [0.2, 0.25) is 0 Å². The van der Waals surface area contributed by atoms with Gasteiger partial charge < -0.3 is 10.0 Å². The molecule has 0 aromatic carbocycles. The summed E-state index contributed by atoms with van der Waals surface area (Å²) < 4.78 is 22.8. The largest absolute Gasteiger partial charge is 0.396 e. The van der Waals surface area contributed by atoms with Crippen molar-refractivity contribution in [3.63, 3.8) is 0 Å². The first-order valence-electron chi connectivity index (χ1n) is 6.11.